The Labute approximate surface area is 150 Å². The predicted molar refractivity (Wildman–Crippen MR) is 97.5 cm³/mol. The van der Waals surface area contributed by atoms with Gasteiger partial charge in [0.05, 0.1) is 29.0 Å². The van der Waals surface area contributed by atoms with Crippen LogP contribution >= 0.6 is 0 Å². The van der Waals surface area contributed by atoms with Crippen LogP contribution in [0.5, 0.6) is 0 Å². The second-order valence-electron chi connectivity index (χ2n) is 6.33. The van der Waals surface area contributed by atoms with Gasteiger partial charge in [-0.1, -0.05) is 0 Å². The molecule has 1 saturated heterocycles. The van der Waals surface area contributed by atoms with Crippen LogP contribution in [0.2, 0.25) is 0 Å². The maximum absolute atomic E-state index is 12.2. The minimum absolute atomic E-state index is 0.0541. The molecule has 2 atom stereocenters. The summed E-state index contributed by atoms with van der Waals surface area (Å²) in [6, 6.07) is 9.10. The molecule has 1 aromatic heterocycles. The Balaban J connectivity index is 1.65. The van der Waals surface area contributed by atoms with Gasteiger partial charge in [-0.2, -0.15) is 0 Å². The molecule has 0 spiro atoms. The van der Waals surface area contributed by atoms with Crippen LogP contribution in [0.4, 0.5) is 17.2 Å². The van der Waals surface area contributed by atoms with E-state index in [2.05, 4.69) is 15.2 Å². The van der Waals surface area contributed by atoms with Gasteiger partial charge in [0, 0.05) is 30.8 Å². The Morgan fingerprint density at radius 1 is 1.19 bits per heavy atom. The van der Waals surface area contributed by atoms with Gasteiger partial charge in [-0.3, -0.25) is 14.9 Å². The molecule has 8 nitrogen and oxygen atoms in total. The molecule has 136 valence electrons. The summed E-state index contributed by atoms with van der Waals surface area (Å²) in [5.74, 6) is 0.489. The fraction of sp³-hybridized carbons (Fsp3) is 0.333. The lowest BCUT2D eigenvalue weighted by molar-refractivity contribution is -0.384. The van der Waals surface area contributed by atoms with Crippen LogP contribution in [0.25, 0.3) is 0 Å². The molecule has 3 rings (SSSR count). The van der Waals surface area contributed by atoms with Crippen molar-refractivity contribution in [3.63, 3.8) is 0 Å². The number of benzene rings is 1. The molecule has 2 aromatic rings. The quantitative estimate of drug-likeness (QED) is 0.668. The van der Waals surface area contributed by atoms with Crippen molar-refractivity contribution in [1.82, 2.24) is 4.98 Å². The van der Waals surface area contributed by atoms with Crippen LogP contribution < -0.4 is 10.2 Å². The number of hydrogen-bond donors (Lipinski definition) is 1. The molecular weight excluding hydrogens is 336 g/mol. The molecule has 1 amide bonds. The van der Waals surface area contributed by atoms with Crippen LogP contribution in [0.1, 0.15) is 24.2 Å². The first-order chi connectivity index (χ1) is 12.4. The molecule has 1 aliphatic rings. The highest BCUT2D eigenvalue weighted by Gasteiger charge is 2.23. The Morgan fingerprint density at radius 3 is 2.38 bits per heavy atom. The van der Waals surface area contributed by atoms with Crippen molar-refractivity contribution >= 4 is 23.1 Å². The van der Waals surface area contributed by atoms with Crippen molar-refractivity contribution in [3.8, 4) is 0 Å². The number of hydrogen-bond acceptors (Lipinski definition) is 6. The normalized spacial score (nSPS) is 19.8. The van der Waals surface area contributed by atoms with Crippen molar-refractivity contribution in [1.29, 1.82) is 0 Å². The third-order valence-electron chi connectivity index (χ3n) is 4.09. The third kappa shape index (κ3) is 4.15. The van der Waals surface area contributed by atoms with Gasteiger partial charge >= 0.3 is 0 Å². The molecule has 1 N–H and O–H groups in total. The minimum Gasteiger partial charge on any atom is -0.372 e. The van der Waals surface area contributed by atoms with Crippen molar-refractivity contribution in [3.05, 3.63) is 58.3 Å². The van der Waals surface area contributed by atoms with E-state index in [0.29, 0.717) is 11.3 Å². The number of nitrogens with one attached hydrogen (secondary N) is 1. The summed E-state index contributed by atoms with van der Waals surface area (Å²) in [7, 11) is 0. The number of nitro benzene ring substituents is 1. The van der Waals surface area contributed by atoms with Gasteiger partial charge in [0.1, 0.15) is 5.82 Å². The first kappa shape index (κ1) is 17.8. The number of nitro groups is 1. The van der Waals surface area contributed by atoms with Gasteiger partial charge in [0.2, 0.25) is 0 Å². The fourth-order valence-electron chi connectivity index (χ4n) is 2.95. The van der Waals surface area contributed by atoms with Gasteiger partial charge in [-0.25, -0.2) is 4.98 Å². The number of anilines is 2. The highest BCUT2D eigenvalue weighted by molar-refractivity contribution is 6.04. The van der Waals surface area contributed by atoms with E-state index in [9.17, 15) is 14.9 Å². The molecule has 1 aliphatic heterocycles. The lowest BCUT2D eigenvalue weighted by Crippen LogP contribution is -2.45. The first-order valence-corrected chi connectivity index (χ1v) is 8.34. The Morgan fingerprint density at radius 2 is 1.85 bits per heavy atom. The summed E-state index contributed by atoms with van der Waals surface area (Å²) < 4.78 is 5.72. The van der Waals surface area contributed by atoms with Crippen LogP contribution in [0, 0.1) is 10.1 Å². The number of amides is 1. The number of pyridine rings is 1. The molecule has 1 aromatic carbocycles. The summed E-state index contributed by atoms with van der Waals surface area (Å²) >= 11 is 0. The van der Waals surface area contributed by atoms with Gasteiger partial charge in [-0.05, 0) is 38.1 Å². The molecule has 26 heavy (non-hydrogen) atoms. The van der Waals surface area contributed by atoms with Crippen LogP contribution in [-0.4, -0.2) is 41.1 Å². The number of carbonyl (C=O) groups excluding carboxylic acids is 1. The number of rotatable bonds is 4. The molecule has 0 unspecified atom stereocenters. The van der Waals surface area contributed by atoms with Crippen molar-refractivity contribution in [2.75, 3.05) is 23.3 Å². The zero-order chi connectivity index (χ0) is 18.7. The monoisotopic (exact) mass is 356 g/mol. The smallest absolute Gasteiger partial charge is 0.269 e. The van der Waals surface area contributed by atoms with Crippen LogP contribution in [0.3, 0.4) is 0 Å². The summed E-state index contributed by atoms with van der Waals surface area (Å²) in [5, 5.41) is 13.4. The highest BCUT2D eigenvalue weighted by atomic mass is 16.6. The second-order valence-corrected chi connectivity index (χ2v) is 6.33. The number of non-ortho nitro benzene ring substituents is 1. The average Bonchev–Trinajstić information content (AvgIpc) is 2.61. The van der Waals surface area contributed by atoms with E-state index in [0.717, 1.165) is 18.9 Å². The molecule has 0 saturated carbocycles. The minimum atomic E-state index is -0.502. The average molecular weight is 356 g/mol. The van der Waals surface area contributed by atoms with Crippen molar-refractivity contribution < 1.29 is 14.5 Å². The summed E-state index contributed by atoms with van der Waals surface area (Å²) in [5.41, 5.74) is 0.850. The number of carbonyl (C=O) groups is 1. The number of ether oxygens (including phenoxy) is 1. The van der Waals surface area contributed by atoms with E-state index >= 15 is 0 Å². The van der Waals surface area contributed by atoms with E-state index in [4.69, 9.17) is 4.74 Å². The van der Waals surface area contributed by atoms with E-state index in [1.54, 1.807) is 12.3 Å². The van der Waals surface area contributed by atoms with Gasteiger partial charge < -0.3 is 15.0 Å². The predicted octanol–water partition coefficient (Wildman–Crippen LogP) is 2.86. The standard InChI is InChI=1S/C18H20N4O4/c1-12-10-21(11-13(2)26-12)17-8-5-15(9-19-17)20-18(23)14-3-6-16(7-4-14)22(24)25/h3-9,12-13H,10-11H2,1-2H3,(H,20,23)/t12-,13+. The maximum atomic E-state index is 12.2. The number of morpholine rings is 1. The summed E-state index contributed by atoms with van der Waals surface area (Å²) in [6.07, 6.45) is 1.88. The van der Waals surface area contributed by atoms with Crippen molar-refractivity contribution in [2.24, 2.45) is 0 Å². The SMILES string of the molecule is C[C@@H]1CN(c2ccc(NC(=O)c3ccc([N+](=O)[O-])cc3)cn2)C[C@H](C)O1. The molecule has 2 heterocycles. The van der Waals surface area contributed by atoms with E-state index in [-0.39, 0.29) is 23.8 Å². The largest absolute Gasteiger partial charge is 0.372 e. The number of aromatic nitrogens is 1. The summed E-state index contributed by atoms with van der Waals surface area (Å²) in [6.45, 7) is 5.60. The lowest BCUT2D eigenvalue weighted by Gasteiger charge is -2.36. The Kier molecular flexibility index (Phi) is 5.13. The molecule has 1 fully saturated rings. The maximum Gasteiger partial charge on any atom is 0.269 e. The second kappa shape index (κ2) is 7.49. The summed E-state index contributed by atoms with van der Waals surface area (Å²) in [4.78, 5) is 29.0. The molecule has 8 heteroatoms. The van der Waals surface area contributed by atoms with Gasteiger partial charge in [0.15, 0.2) is 0 Å². The lowest BCUT2D eigenvalue weighted by atomic mass is 10.2. The number of nitrogens with zero attached hydrogens (tertiary/aromatic N) is 3. The zero-order valence-electron chi connectivity index (χ0n) is 14.6. The van der Waals surface area contributed by atoms with E-state index in [1.165, 1.54) is 24.3 Å². The third-order valence-corrected chi connectivity index (χ3v) is 4.09. The fourth-order valence-corrected chi connectivity index (χ4v) is 2.95. The highest BCUT2D eigenvalue weighted by Crippen LogP contribution is 2.20. The van der Waals surface area contributed by atoms with Gasteiger partial charge in [-0.15, -0.1) is 0 Å². The van der Waals surface area contributed by atoms with E-state index in [1.807, 2.05) is 19.9 Å². The Bertz CT molecular complexity index is 782. The van der Waals surface area contributed by atoms with Crippen LogP contribution in [-0.2, 0) is 4.74 Å². The molecule has 0 aliphatic carbocycles. The topological polar surface area (TPSA) is 97.6 Å². The van der Waals surface area contributed by atoms with E-state index < -0.39 is 4.92 Å². The van der Waals surface area contributed by atoms with Gasteiger partial charge in [0.25, 0.3) is 11.6 Å². The molecule has 0 bridgehead atoms. The zero-order valence-corrected chi connectivity index (χ0v) is 14.6. The molecular formula is C18H20N4O4. The molecule has 0 radical (unpaired) electrons. The Hall–Kier alpha value is -3.00. The first-order valence-electron chi connectivity index (χ1n) is 8.34. The van der Waals surface area contributed by atoms with Crippen molar-refractivity contribution in [2.45, 2.75) is 26.1 Å². The van der Waals surface area contributed by atoms with Crippen LogP contribution in [0.15, 0.2) is 42.6 Å².